The number of para-hydroxylation sites is 1. The van der Waals surface area contributed by atoms with E-state index in [4.69, 9.17) is 17.0 Å². The Kier molecular flexibility index (Phi) is 8.65. The predicted octanol–water partition coefficient (Wildman–Crippen LogP) is 4.93. The monoisotopic (exact) mass is 469 g/mol. The van der Waals surface area contributed by atoms with Gasteiger partial charge in [0.25, 0.3) is 0 Å². The van der Waals surface area contributed by atoms with Gasteiger partial charge in [-0.25, -0.2) is 0 Å². The molecule has 2 aliphatic heterocycles. The maximum Gasteiger partial charge on any atom is 0.222 e. The van der Waals surface area contributed by atoms with Gasteiger partial charge in [0.1, 0.15) is 5.75 Å². The molecule has 1 aromatic carbocycles. The molecule has 1 spiro atoms. The standard InChI is InChI=1S/C27H39N3O2S/c31-25(12-7-21-32-24-10-5-2-6-11-24)29-18-14-27(15-19-29)16-20-30(22-27)26(33)28-17-13-23-8-3-1-4-9-23/h2,5-6,8,10-11H,1,3-4,7,9,12-22H2,(H,28,33). The van der Waals surface area contributed by atoms with Crippen LogP contribution in [0.15, 0.2) is 42.0 Å². The second kappa shape index (κ2) is 11.9. The molecule has 0 saturated carbocycles. The van der Waals surface area contributed by atoms with E-state index in [2.05, 4.69) is 21.2 Å². The summed E-state index contributed by atoms with van der Waals surface area (Å²) in [7, 11) is 0. The van der Waals surface area contributed by atoms with Crippen LogP contribution in [-0.4, -0.2) is 60.2 Å². The molecule has 2 fully saturated rings. The third-order valence-corrected chi connectivity index (χ3v) is 7.96. The fourth-order valence-electron chi connectivity index (χ4n) is 5.41. The lowest BCUT2D eigenvalue weighted by Gasteiger charge is -2.39. The van der Waals surface area contributed by atoms with Crippen molar-refractivity contribution in [1.29, 1.82) is 0 Å². The minimum Gasteiger partial charge on any atom is -0.494 e. The van der Waals surface area contributed by atoms with Crippen molar-refractivity contribution in [2.24, 2.45) is 5.41 Å². The Bertz CT molecular complexity index is 818. The number of allylic oxidation sites excluding steroid dienone is 1. The molecule has 33 heavy (non-hydrogen) atoms. The van der Waals surface area contributed by atoms with E-state index in [0.29, 0.717) is 18.4 Å². The lowest BCUT2D eigenvalue weighted by atomic mass is 9.77. The number of rotatable bonds is 8. The van der Waals surface area contributed by atoms with Gasteiger partial charge in [-0.05, 0) is 87.6 Å². The minimum absolute atomic E-state index is 0.269. The van der Waals surface area contributed by atoms with Crippen LogP contribution in [0.5, 0.6) is 5.75 Å². The average molecular weight is 470 g/mol. The molecular weight excluding hydrogens is 430 g/mol. The minimum atomic E-state index is 0.269. The number of carbonyl (C=O) groups excluding carboxylic acids is 1. The lowest BCUT2D eigenvalue weighted by Crippen LogP contribution is -2.45. The van der Waals surface area contributed by atoms with Crippen LogP contribution in [0.1, 0.15) is 64.2 Å². The van der Waals surface area contributed by atoms with E-state index in [0.717, 1.165) is 69.3 Å². The average Bonchev–Trinajstić information content (AvgIpc) is 3.27. The van der Waals surface area contributed by atoms with Crippen molar-refractivity contribution in [2.45, 2.75) is 64.2 Å². The number of nitrogens with zero attached hydrogens (tertiary/aromatic N) is 2. The number of thiocarbonyl (C=S) groups is 1. The summed E-state index contributed by atoms with van der Waals surface area (Å²) in [5.41, 5.74) is 1.92. The van der Waals surface area contributed by atoms with Gasteiger partial charge in [0.2, 0.25) is 5.91 Å². The number of ether oxygens (including phenoxy) is 1. The Morgan fingerprint density at radius 3 is 2.55 bits per heavy atom. The van der Waals surface area contributed by atoms with Crippen LogP contribution >= 0.6 is 12.2 Å². The highest BCUT2D eigenvalue weighted by atomic mass is 32.1. The summed E-state index contributed by atoms with van der Waals surface area (Å²) in [6, 6.07) is 9.81. The van der Waals surface area contributed by atoms with Crippen LogP contribution in [0.4, 0.5) is 0 Å². The van der Waals surface area contributed by atoms with Gasteiger partial charge in [0.15, 0.2) is 5.11 Å². The Labute approximate surface area is 204 Å². The molecule has 0 aromatic heterocycles. The zero-order chi connectivity index (χ0) is 22.9. The van der Waals surface area contributed by atoms with Crippen molar-refractivity contribution >= 4 is 23.2 Å². The fourth-order valence-corrected chi connectivity index (χ4v) is 5.67. The molecule has 2 saturated heterocycles. The summed E-state index contributed by atoms with van der Waals surface area (Å²) in [6.45, 7) is 5.36. The Morgan fingerprint density at radius 1 is 1.06 bits per heavy atom. The van der Waals surface area contributed by atoms with Crippen LogP contribution in [-0.2, 0) is 4.79 Å². The molecule has 2 heterocycles. The van der Waals surface area contributed by atoms with Crippen LogP contribution in [0.25, 0.3) is 0 Å². The summed E-state index contributed by atoms with van der Waals surface area (Å²) < 4.78 is 5.72. The van der Waals surface area contributed by atoms with E-state index in [-0.39, 0.29) is 5.91 Å². The summed E-state index contributed by atoms with van der Waals surface area (Å²) in [4.78, 5) is 17.1. The van der Waals surface area contributed by atoms with Crippen LogP contribution in [0.3, 0.4) is 0 Å². The molecule has 180 valence electrons. The third kappa shape index (κ3) is 6.95. The quantitative estimate of drug-likeness (QED) is 0.332. The highest BCUT2D eigenvalue weighted by molar-refractivity contribution is 7.80. The van der Waals surface area contributed by atoms with Crippen LogP contribution in [0.2, 0.25) is 0 Å². The molecular formula is C27H39N3O2S. The van der Waals surface area contributed by atoms with Gasteiger partial charge in [-0.3, -0.25) is 4.79 Å². The highest BCUT2D eigenvalue weighted by Gasteiger charge is 2.41. The van der Waals surface area contributed by atoms with Gasteiger partial charge in [0.05, 0.1) is 6.61 Å². The molecule has 1 amide bonds. The molecule has 1 aliphatic carbocycles. The first kappa shape index (κ1) is 24.1. The first-order valence-electron chi connectivity index (χ1n) is 12.8. The number of amides is 1. The number of hydrogen-bond acceptors (Lipinski definition) is 3. The van der Waals surface area contributed by atoms with Gasteiger partial charge >= 0.3 is 0 Å². The summed E-state index contributed by atoms with van der Waals surface area (Å²) in [5, 5.41) is 4.42. The second-order valence-corrected chi connectivity index (χ2v) is 10.3. The fraction of sp³-hybridized carbons (Fsp3) is 0.630. The first-order chi connectivity index (χ1) is 16.1. The molecule has 1 aromatic rings. The van der Waals surface area contributed by atoms with Crippen molar-refractivity contribution in [3.05, 3.63) is 42.0 Å². The number of piperidine rings is 1. The van der Waals surface area contributed by atoms with Gasteiger partial charge in [-0.1, -0.05) is 29.8 Å². The van der Waals surface area contributed by atoms with E-state index in [1.54, 1.807) is 5.57 Å². The normalized spacial score (nSPS) is 19.9. The Morgan fingerprint density at radius 2 is 1.82 bits per heavy atom. The number of benzene rings is 1. The molecule has 4 rings (SSSR count). The maximum absolute atomic E-state index is 12.7. The van der Waals surface area contributed by atoms with Gasteiger partial charge < -0.3 is 19.9 Å². The molecule has 0 radical (unpaired) electrons. The van der Waals surface area contributed by atoms with Crippen molar-refractivity contribution < 1.29 is 9.53 Å². The van der Waals surface area contributed by atoms with Crippen molar-refractivity contribution in [2.75, 3.05) is 39.3 Å². The number of nitrogens with one attached hydrogen (secondary N) is 1. The smallest absolute Gasteiger partial charge is 0.222 e. The van der Waals surface area contributed by atoms with E-state index in [9.17, 15) is 4.79 Å². The Balaban J connectivity index is 1.12. The lowest BCUT2D eigenvalue weighted by molar-refractivity contribution is -0.133. The molecule has 0 bridgehead atoms. The SMILES string of the molecule is O=C(CCCOc1ccccc1)N1CCC2(CC1)CCN(C(=S)NCCC1=CCCCC1)C2. The Hall–Kier alpha value is -2.08. The molecule has 1 N–H and O–H groups in total. The second-order valence-electron chi connectivity index (χ2n) is 9.91. The number of hydrogen-bond donors (Lipinski definition) is 1. The van der Waals surface area contributed by atoms with Crippen LogP contribution in [0, 0.1) is 5.41 Å². The highest BCUT2D eigenvalue weighted by Crippen LogP contribution is 2.40. The maximum atomic E-state index is 12.7. The molecule has 0 unspecified atom stereocenters. The number of likely N-dealkylation sites (tertiary alicyclic amines) is 2. The summed E-state index contributed by atoms with van der Waals surface area (Å²) in [5.74, 6) is 1.14. The third-order valence-electron chi connectivity index (χ3n) is 7.56. The number of carbonyl (C=O) groups is 1. The zero-order valence-corrected chi connectivity index (χ0v) is 20.7. The van der Waals surface area contributed by atoms with Gasteiger partial charge in [0, 0.05) is 39.1 Å². The van der Waals surface area contributed by atoms with Crippen LogP contribution < -0.4 is 10.1 Å². The van der Waals surface area contributed by atoms with E-state index in [1.807, 2.05) is 30.3 Å². The largest absolute Gasteiger partial charge is 0.494 e. The summed E-state index contributed by atoms with van der Waals surface area (Å²) in [6.07, 6.45) is 13.4. The van der Waals surface area contributed by atoms with E-state index < -0.39 is 0 Å². The molecule has 5 nitrogen and oxygen atoms in total. The van der Waals surface area contributed by atoms with E-state index >= 15 is 0 Å². The first-order valence-corrected chi connectivity index (χ1v) is 13.2. The van der Waals surface area contributed by atoms with Gasteiger partial charge in [-0.15, -0.1) is 0 Å². The van der Waals surface area contributed by atoms with Crippen molar-refractivity contribution in [1.82, 2.24) is 15.1 Å². The van der Waals surface area contributed by atoms with Gasteiger partial charge in [-0.2, -0.15) is 0 Å². The molecule has 3 aliphatic rings. The van der Waals surface area contributed by atoms with Crippen molar-refractivity contribution in [3.8, 4) is 5.75 Å². The van der Waals surface area contributed by atoms with Crippen molar-refractivity contribution in [3.63, 3.8) is 0 Å². The molecule has 6 heteroatoms. The predicted molar refractivity (Wildman–Crippen MR) is 137 cm³/mol. The topological polar surface area (TPSA) is 44.8 Å². The summed E-state index contributed by atoms with van der Waals surface area (Å²) >= 11 is 5.71. The van der Waals surface area contributed by atoms with E-state index in [1.165, 1.54) is 32.1 Å². The zero-order valence-electron chi connectivity index (χ0n) is 19.9. The molecule has 0 atom stereocenters.